The maximum absolute atomic E-state index is 12.2. The molecule has 1 fully saturated rings. The normalized spacial score (nSPS) is 13.6. The molecule has 0 aromatic heterocycles. The van der Waals surface area contributed by atoms with Crippen molar-refractivity contribution in [1.82, 2.24) is 5.32 Å². The topological polar surface area (TPSA) is 78.5 Å². The number of benzene rings is 2. The Hall–Kier alpha value is -3.15. The number of hydrogen-bond acceptors (Lipinski definition) is 3. The minimum atomic E-state index is -0.732. The molecule has 140 valence electrons. The molecule has 0 saturated carbocycles. The van der Waals surface area contributed by atoms with Crippen molar-refractivity contribution in [3.8, 4) is 0 Å². The molecule has 1 aliphatic heterocycles. The Labute approximate surface area is 158 Å². The highest BCUT2D eigenvalue weighted by Crippen LogP contribution is 2.28. The van der Waals surface area contributed by atoms with Crippen molar-refractivity contribution in [1.29, 1.82) is 0 Å². The van der Waals surface area contributed by atoms with E-state index in [1.807, 2.05) is 44.2 Å². The van der Waals surface area contributed by atoms with Crippen LogP contribution in [-0.2, 0) is 20.9 Å². The van der Waals surface area contributed by atoms with Gasteiger partial charge in [-0.15, -0.1) is 0 Å². The summed E-state index contributed by atoms with van der Waals surface area (Å²) in [5, 5.41) is 5.22. The van der Waals surface area contributed by atoms with Crippen LogP contribution in [0.1, 0.15) is 29.5 Å². The zero-order valence-electron chi connectivity index (χ0n) is 15.5. The Morgan fingerprint density at radius 3 is 2.44 bits per heavy atom. The van der Waals surface area contributed by atoms with E-state index in [4.69, 9.17) is 0 Å². The van der Waals surface area contributed by atoms with Gasteiger partial charge in [-0.25, -0.2) is 0 Å². The number of hydrogen-bond donors (Lipinski definition) is 2. The van der Waals surface area contributed by atoms with Crippen molar-refractivity contribution in [2.75, 3.05) is 16.8 Å². The second kappa shape index (κ2) is 8.03. The second-order valence-electron chi connectivity index (χ2n) is 6.77. The lowest BCUT2D eigenvalue weighted by molar-refractivity contribution is -0.136. The molecule has 6 nitrogen and oxygen atoms in total. The van der Waals surface area contributed by atoms with E-state index in [0.29, 0.717) is 18.7 Å². The summed E-state index contributed by atoms with van der Waals surface area (Å²) in [4.78, 5) is 37.9. The lowest BCUT2D eigenvalue weighted by Gasteiger charge is -2.19. The minimum Gasteiger partial charge on any atom is -0.344 e. The molecule has 0 spiro atoms. The number of nitrogens with one attached hydrogen (secondary N) is 2. The summed E-state index contributed by atoms with van der Waals surface area (Å²) < 4.78 is 0. The van der Waals surface area contributed by atoms with E-state index in [-0.39, 0.29) is 12.5 Å². The van der Waals surface area contributed by atoms with E-state index < -0.39 is 11.8 Å². The van der Waals surface area contributed by atoms with Crippen molar-refractivity contribution in [3.63, 3.8) is 0 Å². The monoisotopic (exact) mass is 365 g/mol. The third kappa shape index (κ3) is 4.53. The van der Waals surface area contributed by atoms with Crippen LogP contribution in [0.5, 0.6) is 0 Å². The molecular formula is C21H23N3O3. The molecule has 1 aliphatic rings. The van der Waals surface area contributed by atoms with Crippen molar-refractivity contribution < 1.29 is 14.4 Å². The molecule has 6 heteroatoms. The lowest BCUT2D eigenvalue weighted by Crippen LogP contribution is -2.35. The first kappa shape index (κ1) is 18.6. The highest BCUT2D eigenvalue weighted by molar-refractivity contribution is 6.39. The van der Waals surface area contributed by atoms with Crippen molar-refractivity contribution in [2.24, 2.45) is 0 Å². The maximum atomic E-state index is 12.2. The van der Waals surface area contributed by atoms with Gasteiger partial charge in [-0.3, -0.25) is 14.4 Å². The van der Waals surface area contributed by atoms with Crippen molar-refractivity contribution >= 4 is 29.1 Å². The second-order valence-corrected chi connectivity index (χ2v) is 6.77. The van der Waals surface area contributed by atoms with Crippen LogP contribution in [0.2, 0.25) is 0 Å². The van der Waals surface area contributed by atoms with Crippen LogP contribution in [0.3, 0.4) is 0 Å². The number of carbonyl (C=O) groups is 3. The molecule has 3 amide bonds. The number of amides is 3. The first-order valence-electron chi connectivity index (χ1n) is 9.00. The Bertz CT molecular complexity index is 875. The summed E-state index contributed by atoms with van der Waals surface area (Å²) in [5.74, 6) is -1.35. The minimum absolute atomic E-state index is 0.0809. The predicted molar refractivity (Wildman–Crippen MR) is 104 cm³/mol. The lowest BCUT2D eigenvalue weighted by atomic mass is 10.1. The van der Waals surface area contributed by atoms with E-state index in [1.54, 1.807) is 17.0 Å². The highest BCUT2D eigenvalue weighted by atomic mass is 16.2. The Kier molecular flexibility index (Phi) is 5.54. The van der Waals surface area contributed by atoms with Gasteiger partial charge in [0.05, 0.1) is 0 Å². The quantitative estimate of drug-likeness (QED) is 0.818. The van der Waals surface area contributed by atoms with Crippen LogP contribution in [0.25, 0.3) is 0 Å². The molecule has 1 heterocycles. The molecule has 1 saturated heterocycles. The number of rotatable bonds is 4. The first-order valence-corrected chi connectivity index (χ1v) is 9.00. The Morgan fingerprint density at radius 1 is 1.04 bits per heavy atom. The molecule has 3 rings (SSSR count). The van der Waals surface area contributed by atoms with E-state index in [1.165, 1.54) is 0 Å². The summed E-state index contributed by atoms with van der Waals surface area (Å²) in [5.41, 5.74) is 4.27. The van der Waals surface area contributed by atoms with Gasteiger partial charge in [0.15, 0.2) is 0 Å². The van der Waals surface area contributed by atoms with Crippen LogP contribution in [-0.4, -0.2) is 24.3 Å². The molecule has 0 radical (unpaired) electrons. The smallest absolute Gasteiger partial charge is 0.313 e. The third-order valence-corrected chi connectivity index (χ3v) is 4.61. The van der Waals surface area contributed by atoms with E-state index in [2.05, 4.69) is 10.6 Å². The zero-order chi connectivity index (χ0) is 19.4. The van der Waals surface area contributed by atoms with Gasteiger partial charge < -0.3 is 15.5 Å². The van der Waals surface area contributed by atoms with E-state index >= 15 is 0 Å². The molecule has 0 aliphatic carbocycles. The average Bonchev–Trinajstić information content (AvgIpc) is 3.08. The van der Waals surface area contributed by atoms with Crippen LogP contribution >= 0.6 is 0 Å². The Morgan fingerprint density at radius 2 is 1.78 bits per heavy atom. The molecular weight excluding hydrogens is 342 g/mol. The van der Waals surface area contributed by atoms with E-state index in [0.717, 1.165) is 28.8 Å². The maximum Gasteiger partial charge on any atom is 0.313 e. The summed E-state index contributed by atoms with van der Waals surface area (Å²) in [7, 11) is 0. The largest absolute Gasteiger partial charge is 0.344 e. The molecule has 27 heavy (non-hydrogen) atoms. The summed E-state index contributed by atoms with van der Waals surface area (Å²) in [6.07, 6.45) is 1.37. The number of carbonyl (C=O) groups excluding carboxylic acids is 3. The fourth-order valence-corrected chi connectivity index (χ4v) is 3.04. The predicted octanol–water partition coefficient (Wildman–Crippen LogP) is 2.69. The first-order chi connectivity index (χ1) is 12.9. The van der Waals surface area contributed by atoms with Gasteiger partial charge in [-0.2, -0.15) is 0 Å². The van der Waals surface area contributed by atoms with Crippen LogP contribution < -0.4 is 15.5 Å². The van der Waals surface area contributed by atoms with Crippen molar-refractivity contribution in [2.45, 2.75) is 33.2 Å². The molecule has 2 N–H and O–H groups in total. The molecule has 0 bridgehead atoms. The van der Waals surface area contributed by atoms with Gasteiger partial charge in [-0.05, 0) is 43.5 Å². The third-order valence-electron chi connectivity index (χ3n) is 4.61. The van der Waals surface area contributed by atoms with Gasteiger partial charge in [0, 0.05) is 30.9 Å². The van der Waals surface area contributed by atoms with Gasteiger partial charge in [0.25, 0.3) is 0 Å². The molecule has 2 aromatic rings. The number of aryl methyl sites for hydroxylation is 2. The standard InChI is InChI=1S/C21H23N3O3/c1-14-5-8-16(9-6-14)13-22-20(26)21(27)23-17-10-7-15(2)18(12-17)24-11-3-4-19(24)25/h5-10,12H,3-4,11,13H2,1-2H3,(H,22,26)(H,23,27). The van der Waals surface area contributed by atoms with Gasteiger partial charge >= 0.3 is 11.8 Å². The molecule has 2 aromatic carbocycles. The van der Waals surface area contributed by atoms with Crippen LogP contribution in [0, 0.1) is 13.8 Å². The van der Waals surface area contributed by atoms with Crippen LogP contribution in [0.4, 0.5) is 11.4 Å². The fraction of sp³-hybridized carbons (Fsp3) is 0.286. The summed E-state index contributed by atoms with van der Waals surface area (Å²) in [6, 6.07) is 13.0. The fourth-order valence-electron chi connectivity index (χ4n) is 3.04. The average molecular weight is 365 g/mol. The zero-order valence-corrected chi connectivity index (χ0v) is 15.5. The van der Waals surface area contributed by atoms with Gasteiger partial charge in [0.1, 0.15) is 0 Å². The highest BCUT2D eigenvalue weighted by Gasteiger charge is 2.23. The van der Waals surface area contributed by atoms with Gasteiger partial charge in [-0.1, -0.05) is 35.9 Å². The Balaban J connectivity index is 1.62. The number of anilines is 2. The number of nitrogens with zero attached hydrogens (tertiary/aromatic N) is 1. The summed E-state index contributed by atoms with van der Waals surface area (Å²) in [6.45, 7) is 4.87. The SMILES string of the molecule is Cc1ccc(CNC(=O)C(=O)Nc2ccc(C)c(N3CCCC3=O)c2)cc1. The van der Waals surface area contributed by atoms with E-state index in [9.17, 15) is 14.4 Å². The van der Waals surface area contributed by atoms with Crippen molar-refractivity contribution in [3.05, 3.63) is 59.2 Å². The van der Waals surface area contributed by atoms with Crippen LogP contribution in [0.15, 0.2) is 42.5 Å². The van der Waals surface area contributed by atoms with Gasteiger partial charge in [0.2, 0.25) is 5.91 Å². The summed E-state index contributed by atoms with van der Waals surface area (Å²) >= 11 is 0. The molecule has 0 atom stereocenters. The molecule has 0 unspecified atom stereocenters.